The molecular weight excluding hydrogens is 178 g/mol. The van der Waals surface area contributed by atoms with Crippen LogP contribution < -0.4 is 4.90 Å². The average Bonchev–Trinajstić information content (AvgIpc) is 2.49. The van der Waals surface area contributed by atoms with E-state index in [1.54, 1.807) is 4.90 Å². The fourth-order valence-corrected chi connectivity index (χ4v) is 1.73. The van der Waals surface area contributed by atoms with Crippen LogP contribution in [0.4, 0.5) is 5.82 Å². The van der Waals surface area contributed by atoms with Crippen molar-refractivity contribution in [2.45, 2.75) is 26.7 Å². The molecule has 14 heavy (non-hydrogen) atoms. The Morgan fingerprint density at radius 3 is 2.71 bits per heavy atom. The summed E-state index contributed by atoms with van der Waals surface area (Å²) in [6.45, 7) is 4.55. The molecule has 0 N–H and O–H groups in total. The monoisotopic (exact) mass is 191 g/mol. The maximum atomic E-state index is 11.5. The second-order valence-corrected chi connectivity index (χ2v) is 3.56. The fourth-order valence-electron chi connectivity index (χ4n) is 1.73. The predicted molar refractivity (Wildman–Crippen MR) is 53.1 cm³/mol. The smallest absolute Gasteiger partial charge is 0.228 e. The number of aryl methyl sites for hydroxylation is 2. The SMILES string of the molecule is Cc1cc(N2CCCC2=O)nc(C)n1. The van der Waals surface area contributed by atoms with Crippen molar-refractivity contribution in [1.29, 1.82) is 0 Å². The molecule has 0 aromatic carbocycles. The van der Waals surface area contributed by atoms with Gasteiger partial charge in [0.25, 0.3) is 0 Å². The first-order chi connectivity index (χ1) is 6.66. The highest BCUT2D eigenvalue weighted by Crippen LogP contribution is 2.19. The minimum atomic E-state index is 0.169. The number of carbonyl (C=O) groups is 1. The van der Waals surface area contributed by atoms with E-state index >= 15 is 0 Å². The first kappa shape index (κ1) is 9.12. The van der Waals surface area contributed by atoms with Gasteiger partial charge in [0, 0.05) is 24.7 Å². The third-order valence-electron chi connectivity index (χ3n) is 2.30. The first-order valence-electron chi connectivity index (χ1n) is 4.79. The van der Waals surface area contributed by atoms with Crippen molar-refractivity contribution in [3.63, 3.8) is 0 Å². The van der Waals surface area contributed by atoms with E-state index in [1.807, 2.05) is 19.9 Å². The minimum Gasteiger partial charge on any atom is -0.297 e. The molecule has 4 nitrogen and oxygen atoms in total. The van der Waals surface area contributed by atoms with Gasteiger partial charge in [-0.25, -0.2) is 9.97 Å². The second-order valence-electron chi connectivity index (χ2n) is 3.56. The van der Waals surface area contributed by atoms with E-state index in [9.17, 15) is 4.79 Å². The maximum absolute atomic E-state index is 11.5. The highest BCUT2D eigenvalue weighted by molar-refractivity contribution is 5.94. The zero-order valence-corrected chi connectivity index (χ0v) is 8.45. The molecule has 0 atom stereocenters. The largest absolute Gasteiger partial charge is 0.297 e. The summed E-state index contributed by atoms with van der Waals surface area (Å²) < 4.78 is 0. The van der Waals surface area contributed by atoms with Gasteiger partial charge >= 0.3 is 0 Å². The molecule has 0 bridgehead atoms. The molecule has 0 saturated carbocycles. The number of carbonyl (C=O) groups excluding carboxylic acids is 1. The Morgan fingerprint density at radius 2 is 2.14 bits per heavy atom. The van der Waals surface area contributed by atoms with Crippen molar-refractivity contribution in [3.05, 3.63) is 17.6 Å². The Morgan fingerprint density at radius 1 is 1.36 bits per heavy atom. The number of rotatable bonds is 1. The lowest BCUT2D eigenvalue weighted by Gasteiger charge is -2.14. The molecule has 1 fully saturated rings. The van der Waals surface area contributed by atoms with E-state index in [2.05, 4.69) is 9.97 Å². The van der Waals surface area contributed by atoms with Gasteiger partial charge in [0.15, 0.2) is 0 Å². The van der Waals surface area contributed by atoms with Crippen LogP contribution in [0.2, 0.25) is 0 Å². The zero-order chi connectivity index (χ0) is 10.1. The van der Waals surface area contributed by atoms with Crippen molar-refractivity contribution >= 4 is 11.7 Å². The Hall–Kier alpha value is -1.45. The van der Waals surface area contributed by atoms with Gasteiger partial charge in [-0.15, -0.1) is 0 Å². The molecule has 1 aromatic rings. The van der Waals surface area contributed by atoms with Crippen LogP contribution in [0.3, 0.4) is 0 Å². The van der Waals surface area contributed by atoms with E-state index in [-0.39, 0.29) is 5.91 Å². The number of amides is 1. The quantitative estimate of drug-likeness (QED) is 0.670. The Balaban J connectivity index is 2.35. The number of nitrogens with zero attached hydrogens (tertiary/aromatic N) is 3. The molecule has 1 amide bonds. The molecule has 0 radical (unpaired) electrons. The number of hydrogen-bond acceptors (Lipinski definition) is 3. The summed E-state index contributed by atoms with van der Waals surface area (Å²) in [7, 11) is 0. The summed E-state index contributed by atoms with van der Waals surface area (Å²) in [5, 5.41) is 0. The van der Waals surface area contributed by atoms with Crippen LogP contribution in [0.5, 0.6) is 0 Å². The highest BCUT2D eigenvalue weighted by atomic mass is 16.2. The lowest BCUT2D eigenvalue weighted by molar-refractivity contribution is -0.117. The molecule has 0 spiro atoms. The molecular formula is C10H13N3O. The van der Waals surface area contributed by atoms with E-state index < -0.39 is 0 Å². The average molecular weight is 191 g/mol. The molecule has 2 heterocycles. The molecule has 1 saturated heterocycles. The summed E-state index contributed by atoms with van der Waals surface area (Å²) in [5.74, 6) is 1.64. The van der Waals surface area contributed by atoms with Gasteiger partial charge in [0.2, 0.25) is 5.91 Å². The summed E-state index contributed by atoms with van der Waals surface area (Å²) in [6, 6.07) is 1.86. The van der Waals surface area contributed by atoms with Gasteiger partial charge in [0.05, 0.1) is 0 Å². The lowest BCUT2D eigenvalue weighted by Crippen LogP contribution is -2.25. The molecule has 0 unspecified atom stereocenters. The van der Waals surface area contributed by atoms with Crippen molar-refractivity contribution in [1.82, 2.24) is 9.97 Å². The third kappa shape index (κ3) is 1.60. The second kappa shape index (κ2) is 3.36. The minimum absolute atomic E-state index is 0.169. The Bertz CT molecular complexity index is 355. The van der Waals surface area contributed by atoms with Gasteiger partial charge in [-0.2, -0.15) is 0 Å². The van der Waals surface area contributed by atoms with Gasteiger partial charge in [-0.3, -0.25) is 9.69 Å². The third-order valence-corrected chi connectivity index (χ3v) is 2.30. The van der Waals surface area contributed by atoms with Crippen molar-refractivity contribution < 1.29 is 4.79 Å². The first-order valence-corrected chi connectivity index (χ1v) is 4.79. The topological polar surface area (TPSA) is 46.1 Å². The summed E-state index contributed by atoms with van der Waals surface area (Å²) in [5.41, 5.74) is 0.909. The van der Waals surface area contributed by atoms with Crippen LogP contribution in [-0.4, -0.2) is 22.4 Å². The van der Waals surface area contributed by atoms with Crippen LogP contribution in [0.15, 0.2) is 6.07 Å². The summed E-state index contributed by atoms with van der Waals surface area (Å²) in [6.07, 6.45) is 1.57. The van der Waals surface area contributed by atoms with Crippen molar-refractivity contribution in [2.24, 2.45) is 0 Å². The normalized spacial score (nSPS) is 16.4. The van der Waals surface area contributed by atoms with Gasteiger partial charge in [-0.05, 0) is 20.3 Å². The number of hydrogen-bond donors (Lipinski definition) is 0. The maximum Gasteiger partial charge on any atom is 0.228 e. The van der Waals surface area contributed by atoms with Crippen LogP contribution in [0.25, 0.3) is 0 Å². The fraction of sp³-hybridized carbons (Fsp3) is 0.500. The van der Waals surface area contributed by atoms with E-state index in [1.165, 1.54) is 0 Å². The van der Waals surface area contributed by atoms with Gasteiger partial charge in [-0.1, -0.05) is 0 Å². The summed E-state index contributed by atoms with van der Waals surface area (Å²) >= 11 is 0. The lowest BCUT2D eigenvalue weighted by atomic mass is 10.4. The van der Waals surface area contributed by atoms with Crippen LogP contribution >= 0.6 is 0 Å². The van der Waals surface area contributed by atoms with Crippen molar-refractivity contribution in [3.8, 4) is 0 Å². The molecule has 4 heteroatoms. The van der Waals surface area contributed by atoms with E-state index in [0.717, 1.165) is 30.3 Å². The number of aromatic nitrogens is 2. The Labute approximate surface area is 83.0 Å². The van der Waals surface area contributed by atoms with Crippen LogP contribution in [0.1, 0.15) is 24.4 Å². The standard InChI is InChI=1S/C10H13N3O/c1-7-6-9(12-8(2)11-7)13-5-3-4-10(13)14/h6H,3-5H2,1-2H3. The molecule has 2 rings (SSSR count). The van der Waals surface area contributed by atoms with E-state index in [4.69, 9.17) is 0 Å². The van der Waals surface area contributed by atoms with Crippen molar-refractivity contribution in [2.75, 3.05) is 11.4 Å². The molecule has 1 aromatic heterocycles. The number of anilines is 1. The molecule has 74 valence electrons. The van der Waals surface area contributed by atoms with Gasteiger partial charge < -0.3 is 0 Å². The zero-order valence-electron chi connectivity index (χ0n) is 8.45. The highest BCUT2D eigenvalue weighted by Gasteiger charge is 2.22. The molecule has 0 aliphatic carbocycles. The summed E-state index contributed by atoms with van der Waals surface area (Å²) in [4.78, 5) is 21.6. The predicted octanol–water partition coefficient (Wildman–Crippen LogP) is 1.22. The Kier molecular flexibility index (Phi) is 2.19. The van der Waals surface area contributed by atoms with Crippen LogP contribution in [-0.2, 0) is 4.79 Å². The van der Waals surface area contributed by atoms with Crippen LogP contribution in [0, 0.1) is 13.8 Å². The molecule has 1 aliphatic heterocycles. The molecule has 1 aliphatic rings. The van der Waals surface area contributed by atoms with E-state index in [0.29, 0.717) is 6.42 Å². The van der Waals surface area contributed by atoms with Gasteiger partial charge in [0.1, 0.15) is 11.6 Å².